The first-order chi connectivity index (χ1) is 9.43. The van der Waals surface area contributed by atoms with Crippen LogP contribution in [-0.2, 0) is 11.3 Å². The second kappa shape index (κ2) is 5.32. The molecular weight excluding hydrogens is 266 g/mol. The predicted molar refractivity (Wildman–Crippen MR) is 68.5 cm³/mol. The summed E-state index contributed by atoms with van der Waals surface area (Å²) in [4.78, 5) is 34.7. The third-order valence-electron chi connectivity index (χ3n) is 3.21. The molecule has 8 heteroatoms. The maximum Gasteiger partial charge on any atom is 0.323 e. The van der Waals surface area contributed by atoms with E-state index in [0.717, 1.165) is 12.8 Å². The molecule has 108 valence electrons. The van der Waals surface area contributed by atoms with Crippen LogP contribution in [0.5, 0.6) is 0 Å². The lowest BCUT2D eigenvalue weighted by atomic mass is 10.3. The van der Waals surface area contributed by atoms with E-state index in [9.17, 15) is 19.7 Å². The third kappa shape index (κ3) is 2.79. The van der Waals surface area contributed by atoms with Gasteiger partial charge >= 0.3 is 5.97 Å². The Balaban J connectivity index is 2.30. The van der Waals surface area contributed by atoms with Crippen LogP contribution in [-0.4, -0.2) is 44.0 Å². The highest BCUT2D eigenvalue weighted by atomic mass is 16.6. The average Bonchev–Trinajstić information content (AvgIpc) is 3.12. The van der Waals surface area contributed by atoms with Crippen molar-refractivity contribution in [2.24, 2.45) is 0 Å². The minimum atomic E-state index is -1.09. The first-order valence-corrected chi connectivity index (χ1v) is 6.31. The van der Waals surface area contributed by atoms with Crippen molar-refractivity contribution in [3.05, 3.63) is 28.1 Å². The molecule has 8 nitrogen and oxygen atoms in total. The predicted octanol–water partition coefficient (Wildman–Crippen LogP) is 1.11. The van der Waals surface area contributed by atoms with E-state index in [2.05, 4.69) is 0 Å². The average molecular weight is 281 g/mol. The molecule has 0 unspecified atom stereocenters. The minimum absolute atomic E-state index is 0.0714. The van der Waals surface area contributed by atoms with Crippen LogP contribution in [0.4, 0.5) is 5.69 Å². The fraction of sp³-hybridized carbons (Fsp3) is 0.500. The number of aryl methyl sites for hydroxylation is 1. The van der Waals surface area contributed by atoms with Crippen LogP contribution in [0.2, 0.25) is 0 Å². The molecule has 0 aromatic carbocycles. The van der Waals surface area contributed by atoms with E-state index in [0.29, 0.717) is 6.54 Å². The minimum Gasteiger partial charge on any atom is -0.480 e. The van der Waals surface area contributed by atoms with Crippen molar-refractivity contribution in [2.75, 3.05) is 6.54 Å². The van der Waals surface area contributed by atoms with Crippen LogP contribution in [0.1, 0.15) is 30.3 Å². The van der Waals surface area contributed by atoms with Crippen LogP contribution in [0.15, 0.2) is 12.3 Å². The topological polar surface area (TPSA) is 106 Å². The van der Waals surface area contributed by atoms with Crippen LogP contribution in [0.25, 0.3) is 0 Å². The van der Waals surface area contributed by atoms with Crippen molar-refractivity contribution in [3.8, 4) is 0 Å². The van der Waals surface area contributed by atoms with Gasteiger partial charge in [-0.2, -0.15) is 0 Å². The Hall–Kier alpha value is -2.38. The van der Waals surface area contributed by atoms with Gasteiger partial charge in [0.2, 0.25) is 0 Å². The van der Waals surface area contributed by atoms with E-state index in [1.165, 1.54) is 21.7 Å². The van der Waals surface area contributed by atoms with E-state index in [-0.39, 0.29) is 24.0 Å². The highest BCUT2D eigenvalue weighted by Crippen LogP contribution is 2.29. The van der Waals surface area contributed by atoms with Gasteiger partial charge in [-0.3, -0.25) is 19.7 Å². The molecule has 0 atom stereocenters. The molecule has 20 heavy (non-hydrogen) atoms. The van der Waals surface area contributed by atoms with Crippen LogP contribution in [0, 0.1) is 10.1 Å². The molecule has 1 aliphatic rings. The van der Waals surface area contributed by atoms with Crippen LogP contribution < -0.4 is 0 Å². The lowest BCUT2D eigenvalue weighted by Crippen LogP contribution is -2.38. The molecule has 0 spiro atoms. The van der Waals surface area contributed by atoms with Crippen molar-refractivity contribution in [1.29, 1.82) is 0 Å². The molecule has 0 saturated heterocycles. The maximum atomic E-state index is 12.4. The summed E-state index contributed by atoms with van der Waals surface area (Å²) >= 11 is 0. The van der Waals surface area contributed by atoms with Gasteiger partial charge in [0.25, 0.3) is 11.6 Å². The zero-order valence-electron chi connectivity index (χ0n) is 11.0. The van der Waals surface area contributed by atoms with Gasteiger partial charge in [-0.15, -0.1) is 0 Å². The fourth-order valence-electron chi connectivity index (χ4n) is 2.08. The molecular formula is C12H15N3O5. The molecule has 1 N–H and O–H groups in total. The van der Waals surface area contributed by atoms with Gasteiger partial charge in [0.05, 0.1) is 11.1 Å². The van der Waals surface area contributed by atoms with Gasteiger partial charge < -0.3 is 14.6 Å². The molecule has 2 rings (SSSR count). The van der Waals surface area contributed by atoms with Gasteiger partial charge in [0.15, 0.2) is 0 Å². The van der Waals surface area contributed by atoms with Crippen LogP contribution in [0.3, 0.4) is 0 Å². The lowest BCUT2D eigenvalue weighted by molar-refractivity contribution is -0.384. The molecule has 1 fully saturated rings. The third-order valence-corrected chi connectivity index (χ3v) is 3.21. The number of aromatic nitrogens is 1. The Bertz CT molecular complexity index is 561. The number of nitrogens with zero attached hydrogens (tertiary/aromatic N) is 3. The number of rotatable bonds is 6. The van der Waals surface area contributed by atoms with Gasteiger partial charge in [-0.1, -0.05) is 0 Å². The quantitative estimate of drug-likeness (QED) is 0.621. The summed E-state index contributed by atoms with van der Waals surface area (Å²) in [6, 6.07) is 1.13. The normalized spacial score (nSPS) is 14.1. The van der Waals surface area contributed by atoms with E-state index < -0.39 is 16.8 Å². The summed E-state index contributed by atoms with van der Waals surface area (Å²) in [5.41, 5.74) is -0.00591. The fourth-order valence-corrected chi connectivity index (χ4v) is 2.08. The summed E-state index contributed by atoms with van der Waals surface area (Å²) in [6.07, 6.45) is 2.83. The van der Waals surface area contributed by atoms with Crippen molar-refractivity contribution >= 4 is 17.6 Å². The SMILES string of the molecule is CCn1cc([N+](=O)[O-])cc1C(=O)N(CC(=O)O)C1CC1. The van der Waals surface area contributed by atoms with Crippen molar-refractivity contribution < 1.29 is 19.6 Å². The molecule has 1 amide bonds. The second-order valence-corrected chi connectivity index (χ2v) is 4.68. The van der Waals surface area contributed by atoms with Gasteiger partial charge in [0, 0.05) is 18.7 Å². The molecule has 1 aliphatic carbocycles. The number of carboxylic acids is 1. The summed E-state index contributed by atoms with van der Waals surface area (Å²) in [5, 5.41) is 19.6. The van der Waals surface area contributed by atoms with Gasteiger partial charge in [-0.05, 0) is 19.8 Å². The molecule has 0 aliphatic heterocycles. The smallest absolute Gasteiger partial charge is 0.323 e. The number of hydrogen-bond donors (Lipinski definition) is 1. The Morgan fingerprint density at radius 1 is 1.55 bits per heavy atom. The van der Waals surface area contributed by atoms with E-state index in [1.807, 2.05) is 0 Å². The Kier molecular flexibility index (Phi) is 3.73. The lowest BCUT2D eigenvalue weighted by Gasteiger charge is -2.20. The summed E-state index contributed by atoms with van der Waals surface area (Å²) in [6.45, 7) is 1.78. The maximum absolute atomic E-state index is 12.4. The summed E-state index contributed by atoms with van der Waals surface area (Å²) < 4.78 is 1.47. The Labute approximate surface area is 114 Å². The number of aliphatic carboxylic acids is 1. The highest BCUT2D eigenvalue weighted by molar-refractivity contribution is 5.95. The zero-order valence-corrected chi connectivity index (χ0v) is 11.0. The van der Waals surface area contributed by atoms with Crippen molar-refractivity contribution in [1.82, 2.24) is 9.47 Å². The number of nitro groups is 1. The summed E-state index contributed by atoms with van der Waals surface area (Å²) in [5.74, 6) is -1.56. The van der Waals surface area contributed by atoms with Crippen LogP contribution >= 0.6 is 0 Å². The monoisotopic (exact) mass is 281 g/mol. The van der Waals surface area contributed by atoms with E-state index >= 15 is 0 Å². The molecule has 1 saturated carbocycles. The number of carbonyl (C=O) groups is 2. The number of carbonyl (C=O) groups excluding carboxylic acids is 1. The zero-order chi connectivity index (χ0) is 14.9. The second-order valence-electron chi connectivity index (χ2n) is 4.68. The molecule has 1 heterocycles. The number of carboxylic acid groups (broad SMARTS) is 1. The van der Waals surface area contributed by atoms with Gasteiger partial charge in [0.1, 0.15) is 12.2 Å². The molecule has 0 bridgehead atoms. The first kappa shape index (κ1) is 14.0. The number of hydrogen-bond acceptors (Lipinski definition) is 4. The summed E-state index contributed by atoms with van der Waals surface area (Å²) in [7, 11) is 0. The van der Waals surface area contributed by atoms with E-state index in [4.69, 9.17) is 5.11 Å². The van der Waals surface area contributed by atoms with E-state index in [1.54, 1.807) is 6.92 Å². The van der Waals surface area contributed by atoms with Crippen molar-refractivity contribution in [3.63, 3.8) is 0 Å². The Morgan fingerprint density at radius 3 is 2.65 bits per heavy atom. The highest BCUT2D eigenvalue weighted by Gasteiger charge is 2.36. The molecule has 1 aromatic heterocycles. The standard InChI is InChI=1S/C12H15N3O5/c1-2-13-6-9(15(19)20)5-10(13)12(18)14(7-11(16)17)8-3-4-8/h5-6,8H,2-4,7H2,1H3,(H,16,17). The van der Waals surface area contributed by atoms with Crippen molar-refractivity contribution in [2.45, 2.75) is 32.4 Å². The Morgan fingerprint density at radius 2 is 2.20 bits per heavy atom. The first-order valence-electron chi connectivity index (χ1n) is 6.31. The largest absolute Gasteiger partial charge is 0.480 e. The van der Waals surface area contributed by atoms with Gasteiger partial charge in [-0.25, -0.2) is 0 Å². The molecule has 0 radical (unpaired) electrons. The number of amides is 1. The molecule has 1 aromatic rings.